The lowest BCUT2D eigenvalue weighted by molar-refractivity contribution is -0.117. The molecule has 3 aromatic rings. The summed E-state index contributed by atoms with van der Waals surface area (Å²) in [6.07, 6.45) is 3.70. The average molecular weight is 474 g/mol. The maximum Gasteiger partial charge on any atom is 0.294 e. The quantitative estimate of drug-likeness (QED) is 0.375. The normalized spacial score (nSPS) is 12.8. The van der Waals surface area contributed by atoms with Gasteiger partial charge in [0.2, 0.25) is 0 Å². The van der Waals surface area contributed by atoms with Crippen LogP contribution >= 0.6 is 11.3 Å². The third-order valence-electron chi connectivity index (χ3n) is 5.48. The Morgan fingerprint density at radius 2 is 2.00 bits per heavy atom. The molecule has 0 bridgehead atoms. The van der Waals surface area contributed by atoms with Crippen molar-refractivity contribution in [3.63, 3.8) is 0 Å². The second kappa shape index (κ2) is 9.10. The van der Waals surface area contributed by atoms with E-state index in [9.17, 15) is 23.2 Å². The summed E-state index contributed by atoms with van der Waals surface area (Å²) in [7, 11) is 0. The van der Waals surface area contributed by atoms with Gasteiger partial charge in [-0.05, 0) is 43.9 Å². The van der Waals surface area contributed by atoms with Gasteiger partial charge in [0.15, 0.2) is 16.8 Å². The van der Waals surface area contributed by atoms with Gasteiger partial charge in [-0.1, -0.05) is 0 Å². The number of rotatable bonds is 6. The van der Waals surface area contributed by atoms with E-state index in [1.807, 2.05) is 0 Å². The van der Waals surface area contributed by atoms with Gasteiger partial charge in [-0.15, -0.1) is 11.3 Å². The van der Waals surface area contributed by atoms with Gasteiger partial charge in [0.1, 0.15) is 0 Å². The number of amides is 2. The highest BCUT2D eigenvalue weighted by atomic mass is 32.1. The second-order valence-electron chi connectivity index (χ2n) is 7.66. The number of aromatic nitrogens is 2. The van der Waals surface area contributed by atoms with Crippen LogP contribution < -0.4 is 16.4 Å². The maximum atomic E-state index is 13.6. The zero-order chi connectivity index (χ0) is 23.7. The van der Waals surface area contributed by atoms with E-state index in [0.717, 1.165) is 25.0 Å². The minimum Gasteiger partial charge on any atom is -0.375 e. The van der Waals surface area contributed by atoms with Crippen LogP contribution in [0, 0.1) is 18.6 Å². The van der Waals surface area contributed by atoms with Crippen molar-refractivity contribution in [1.29, 1.82) is 0 Å². The molecule has 3 heterocycles. The molecule has 1 aliphatic rings. The first-order valence-electron chi connectivity index (χ1n) is 10.3. The summed E-state index contributed by atoms with van der Waals surface area (Å²) in [5.74, 6) is -4.21. The van der Waals surface area contributed by atoms with Crippen molar-refractivity contribution in [3.05, 3.63) is 63.4 Å². The topological polar surface area (TPSA) is 119 Å². The highest BCUT2D eigenvalue weighted by Crippen LogP contribution is 2.29. The number of nitrogen functional groups attached to an aromatic ring is 1. The fourth-order valence-corrected chi connectivity index (χ4v) is 4.62. The van der Waals surface area contributed by atoms with Crippen molar-refractivity contribution in [2.45, 2.75) is 39.3 Å². The van der Waals surface area contributed by atoms with Crippen LogP contribution in [0.25, 0.3) is 0 Å². The SMILES string of the molecule is Cc1c(C(=O)Nc2ccc(F)c(F)c2)c2n(c1C(=O)C(=O)NCc1cnc(N)s1)CCCC2. The number of nitrogens with two attached hydrogens (primary N) is 1. The number of halogens is 2. The molecule has 2 aromatic heterocycles. The van der Waals surface area contributed by atoms with Crippen LogP contribution in [0.1, 0.15) is 49.8 Å². The molecule has 0 radical (unpaired) electrons. The Hall–Kier alpha value is -3.60. The minimum atomic E-state index is -1.08. The molecule has 4 N–H and O–H groups in total. The summed E-state index contributed by atoms with van der Waals surface area (Å²) < 4.78 is 28.5. The third-order valence-corrected chi connectivity index (χ3v) is 6.31. The zero-order valence-corrected chi connectivity index (χ0v) is 18.5. The lowest BCUT2D eigenvalue weighted by Gasteiger charge is -2.18. The lowest BCUT2D eigenvalue weighted by Crippen LogP contribution is -2.32. The molecule has 0 saturated carbocycles. The number of benzene rings is 1. The monoisotopic (exact) mass is 473 g/mol. The molecule has 1 aromatic carbocycles. The number of thiazole rings is 1. The van der Waals surface area contributed by atoms with Gasteiger partial charge in [-0.3, -0.25) is 14.4 Å². The molecule has 0 spiro atoms. The number of Topliss-reactive ketones (excluding diaryl/α,β-unsaturated/α-hetero) is 1. The van der Waals surface area contributed by atoms with Crippen LogP contribution in [0.2, 0.25) is 0 Å². The molecule has 172 valence electrons. The zero-order valence-electron chi connectivity index (χ0n) is 17.7. The summed E-state index contributed by atoms with van der Waals surface area (Å²) >= 11 is 1.21. The molecule has 1 aliphatic heterocycles. The largest absolute Gasteiger partial charge is 0.375 e. The fourth-order valence-electron chi connectivity index (χ4n) is 4.00. The minimum absolute atomic E-state index is 0.0866. The lowest BCUT2D eigenvalue weighted by atomic mass is 10.0. The Kier molecular flexibility index (Phi) is 6.23. The smallest absolute Gasteiger partial charge is 0.294 e. The molecule has 2 amide bonds. The Balaban J connectivity index is 1.61. The maximum absolute atomic E-state index is 13.6. The van der Waals surface area contributed by atoms with E-state index >= 15 is 0 Å². The average Bonchev–Trinajstić information content (AvgIpc) is 3.33. The van der Waals surface area contributed by atoms with Crippen molar-refractivity contribution in [1.82, 2.24) is 14.9 Å². The van der Waals surface area contributed by atoms with Crippen molar-refractivity contribution in [3.8, 4) is 0 Å². The van der Waals surface area contributed by atoms with Crippen molar-refractivity contribution in [2.24, 2.45) is 0 Å². The van der Waals surface area contributed by atoms with Crippen LogP contribution in [0.4, 0.5) is 19.6 Å². The first-order chi connectivity index (χ1) is 15.8. The molecule has 33 heavy (non-hydrogen) atoms. The highest BCUT2D eigenvalue weighted by molar-refractivity contribution is 7.15. The van der Waals surface area contributed by atoms with E-state index in [1.54, 1.807) is 11.5 Å². The summed E-state index contributed by atoms with van der Waals surface area (Å²) in [5, 5.41) is 5.49. The van der Waals surface area contributed by atoms with Gasteiger partial charge < -0.3 is 20.9 Å². The molecule has 11 heteroatoms. The number of ketones is 1. The Labute approximate surface area is 191 Å². The third kappa shape index (κ3) is 4.49. The fraction of sp³-hybridized carbons (Fsp3) is 0.273. The number of carbonyl (C=O) groups is 3. The van der Waals surface area contributed by atoms with E-state index in [4.69, 9.17) is 5.73 Å². The van der Waals surface area contributed by atoms with Gasteiger partial charge in [-0.25, -0.2) is 13.8 Å². The predicted molar refractivity (Wildman–Crippen MR) is 119 cm³/mol. The van der Waals surface area contributed by atoms with Crippen molar-refractivity contribution >= 4 is 39.8 Å². The molecule has 0 fully saturated rings. The number of carbonyl (C=O) groups excluding carboxylic acids is 3. The van der Waals surface area contributed by atoms with Gasteiger partial charge >= 0.3 is 0 Å². The first kappa shape index (κ1) is 22.6. The molecule has 8 nitrogen and oxygen atoms in total. The van der Waals surface area contributed by atoms with Crippen LogP contribution in [-0.4, -0.2) is 27.1 Å². The van der Waals surface area contributed by atoms with E-state index in [2.05, 4.69) is 15.6 Å². The summed E-state index contributed by atoms with van der Waals surface area (Å²) in [4.78, 5) is 43.3. The summed E-state index contributed by atoms with van der Waals surface area (Å²) in [6.45, 7) is 2.21. The highest BCUT2D eigenvalue weighted by Gasteiger charge is 2.32. The molecule has 0 unspecified atom stereocenters. The van der Waals surface area contributed by atoms with E-state index in [1.165, 1.54) is 23.6 Å². The van der Waals surface area contributed by atoms with Crippen molar-refractivity contribution in [2.75, 3.05) is 11.1 Å². The van der Waals surface area contributed by atoms with E-state index in [-0.39, 0.29) is 23.5 Å². The van der Waals surface area contributed by atoms with Crippen LogP contribution in [0.15, 0.2) is 24.4 Å². The Morgan fingerprint density at radius 3 is 2.70 bits per heavy atom. The van der Waals surface area contributed by atoms with E-state index in [0.29, 0.717) is 34.2 Å². The predicted octanol–water partition coefficient (Wildman–Crippen LogP) is 3.20. The molecular weight excluding hydrogens is 452 g/mol. The molecule has 0 aliphatic carbocycles. The number of nitrogens with zero attached hydrogens (tertiary/aromatic N) is 2. The van der Waals surface area contributed by atoms with Gasteiger partial charge in [0.05, 0.1) is 17.8 Å². The molecule has 0 saturated heterocycles. The Bertz CT molecular complexity index is 1270. The number of hydrogen-bond donors (Lipinski definition) is 3. The number of hydrogen-bond acceptors (Lipinski definition) is 6. The molecule has 4 rings (SSSR count). The van der Waals surface area contributed by atoms with E-state index < -0.39 is 29.2 Å². The summed E-state index contributed by atoms with van der Waals surface area (Å²) in [5.41, 5.74) is 7.10. The number of nitrogens with one attached hydrogen (secondary N) is 2. The summed E-state index contributed by atoms with van der Waals surface area (Å²) in [6, 6.07) is 3.06. The van der Waals surface area contributed by atoms with Crippen LogP contribution in [0.5, 0.6) is 0 Å². The number of anilines is 2. The van der Waals surface area contributed by atoms with Crippen LogP contribution in [0.3, 0.4) is 0 Å². The van der Waals surface area contributed by atoms with Gasteiger partial charge in [-0.2, -0.15) is 0 Å². The molecular formula is C22H21F2N5O3S. The number of fused-ring (bicyclic) bond motifs is 1. The van der Waals surface area contributed by atoms with Gasteiger partial charge in [0, 0.05) is 35.1 Å². The molecule has 0 atom stereocenters. The standard InChI is InChI=1S/C22H21F2N5O3S/c1-11-17(20(31)28-12-5-6-14(23)15(24)8-12)16-4-2-3-7-29(16)18(11)19(30)21(32)26-9-13-10-27-22(25)33-13/h5-6,8,10H,2-4,7,9H2,1H3,(H2,25,27)(H,26,32)(H,28,31). The Morgan fingerprint density at radius 1 is 1.21 bits per heavy atom. The van der Waals surface area contributed by atoms with Crippen LogP contribution in [-0.2, 0) is 24.3 Å². The first-order valence-corrected chi connectivity index (χ1v) is 11.1. The van der Waals surface area contributed by atoms with Crippen molar-refractivity contribution < 1.29 is 23.2 Å². The van der Waals surface area contributed by atoms with Gasteiger partial charge in [0.25, 0.3) is 17.6 Å². The second-order valence-corrected chi connectivity index (χ2v) is 8.81.